The van der Waals surface area contributed by atoms with Crippen LogP contribution in [0.3, 0.4) is 0 Å². The maximum Gasteiger partial charge on any atom is 0.321 e. The molecule has 3 N–H and O–H groups in total. The van der Waals surface area contributed by atoms with E-state index in [1.54, 1.807) is 0 Å². The van der Waals surface area contributed by atoms with E-state index < -0.39 is 17.4 Å². The number of aromatic nitrogens is 2. The average molecular weight is 284 g/mol. The first-order valence-electron chi connectivity index (χ1n) is 6.17. The summed E-state index contributed by atoms with van der Waals surface area (Å²) < 4.78 is 0. The van der Waals surface area contributed by atoms with Gasteiger partial charge < -0.3 is 10.4 Å². The number of carbonyl (C=O) groups is 2. The van der Waals surface area contributed by atoms with Gasteiger partial charge in [0.1, 0.15) is 5.51 Å². The Morgan fingerprint density at radius 3 is 2.68 bits per heavy atom. The molecule has 0 radical (unpaired) electrons. The van der Waals surface area contributed by atoms with E-state index in [-0.39, 0.29) is 6.54 Å². The molecule has 1 aliphatic rings. The van der Waals surface area contributed by atoms with Crippen LogP contribution in [0.25, 0.3) is 0 Å². The number of hydrogen-bond donors (Lipinski definition) is 3. The fraction of sp³-hybridized carbons (Fsp3) is 0.636. The van der Waals surface area contributed by atoms with Crippen molar-refractivity contribution in [3.05, 3.63) is 5.51 Å². The fourth-order valence-electron chi connectivity index (χ4n) is 2.31. The molecule has 0 atom stereocenters. The molecular formula is C11H16N4O3S. The summed E-state index contributed by atoms with van der Waals surface area (Å²) in [4.78, 5) is 23.1. The zero-order valence-electron chi connectivity index (χ0n) is 10.4. The summed E-state index contributed by atoms with van der Waals surface area (Å²) in [6.45, 7) is 0.146. The number of hydrogen-bond acceptors (Lipinski definition) is 5. The van der Waals surface area contributed by atoms with E-state index in [2.05, 4.69) is 20.8 Å². The molecule has 1 heterocycles. The number of amides is 2. The minimum atomic E-state index is -0.830. The molecule has 1 aromatic rings. The second kappa shape index (κ2) is 5.96. The molecule has 8 heteroatoms. The van der Waals surface area contributed by atoms with Crippen LogP contribution >= 0.6 is 11.3 Å². The summed E-state index contributed by atoms with van der Waals surface area (Å²) in [5.74, 6) is -0.830. The van der Waals surface area contributed by atoms with Crippen molar-refractivity contribution in [3.63, 3.8) is 0 Å². The summed E-state index contributed by atoms with van der Waals surface area (Å²) in [5, 5.41) is 22.2. The van der Waals surface area contributed by atoms with Crippen molar-refractivity contribution in [2.45, 2.75) is 32.1 Å². The van der Waals surface area contributed by atoms with Crippen molar-refractivity contribution in [1.82, 2.24) is 15.5 Å². The Hall–Kier alpha value is -1.70. The quantitative estimate of drug-likeness (QED) is 0.780. The highest BCUT2D eigenvalue weighted by molar-refractivity contribution is 7.13. The third-order valence-electron chi connectivity index (χ3n) is 3.43. The number of nitrogens with zero attached hydrogens (tertiary/aromatic N) is 2. The predicted octanol–water partition coefficient (Wildman–Crippen LogP) is 1.69. The zero-order valence-corrected chi connectivity index (χ0v) is 11.2. The number of nitrogens with one attached hydrogen (secondary N) is 2. The van der Waals surface area contributed by atoms with Gasteiger partial charge in [0.05, 0.1) is 5.41 Å². The molecule has 1 aliphatic carbocycles. The lowest BCUT2D eigenvalue weighted by Gasteiger charge is -2.33. The Kier molecular flexibility index (Phi) is 4.31. The molecule has 2 rings (SSSR count). The first-order valence-corrected chi connectivity index (χ1v) is 7.05. The highest BCUT2D eigenvalue weighted by Gasteiger charge is 2.39. The maximum atomic E-state index is 11.6. The molecule has 19 heavy (non-hydrogen) atoms. The lowest BCUT2D eigenvalue weighted by molar-refractivity contribution is -0.150. The van der Waals surface area contributed by atoms with Crippen LogP contribution in [0, 0.1) is 5.41 Å². The smallest absolute Gasteiger partial charge is 0.321 e. The molecule has 0 saturated heterocycles. The van der Waals surface area contributed by atoms with Gasteiger partial charge in [-0.3, -0.25) is 10.1 Å². The molecule has 1 saturated carbocycles. The van der Waals surface area contributed by atoms with Crippen LogP contribution in [0.15, 0.2) is 5.51 Å². The second-order valence-electron chi connectivity index (χ2n) is 4.70. The molecule has 1 aromatic heterocycles. The highest BCUT2D eigenvalue weighted by Crippen LogP contribution is 2.35. The van der Waals surface area contributed by atoms with Crippen molar-refractivity contribution >= 4 is 28.5 Å². The predicted molar refractivity (Wildman–Crippen MR) is 70.1 cm³/mol. The molecule has 0 unspecified atom stereocenters. The summed E-state index contributed by atoms with van der Waals surface area (Å²) in [6.07, 6.45) is 4.08. The molecular weight excluding hydrogens is 268 g/mol. The maximum absolute atomic E-state index is 11.6. The lowest BCUT2D eigenvalue weighted by Crippen LogP contribution is -2.45. The molecule has 104 valence electrons. The number of rotatable bonds is 4. The Morgan fingerprint density at radius 1 is 1.37 bits per heavy atom. The van der Waals surface area contributed by atoms with Gasteiger partial charge in [-0.1, -0.05) is 30.6 Å². The van der Waals surface area contributed by atoms with E-state index in [0.29, 0.717) is 18.0 Å². The number of carboxylic acids is 1. The van der Waals surface area contributed by atoms with Crippen molar-refractivity contribution in [2.24, 2.45) is 5.41 Å². The Balaban J connectivity index is 1.88. The van der Waals surface area contributed by atoms with E-state index in [1.165, 1.54) is 16.8 Å². The summed E-state index contributed by atoms with van der Waals surface area (Å²) in [5.41, 5.74) is 0.687. The summed E-state index contributed by atoms with van der Waals surface area (Å²) in [7, 11) is 0. The van der Waals surface area contributed by atoms with Crippen LogP contribution in [0.2, 0.25) is 0 Å². The fourth-order valence-corrected chi connectivity index (χ4v) is 2.75. The summed E-state index contributed by atoms with van der Waals surface area (Å²) in [6, 6.07) is -0.442. The molecule has 2 amide bonds. The van der Waals surface area contributed by atoms with Crippen molar-refractivity contribution in [2.75, 3.05) is 11.9 Å². The van der Waals surface area contributed by atoms with Crippen LogP contribution in [-0.2, 0) is 4.79 Å². The van der Waals surface area contributed by atoms with Crippen LogP contribution in [-0.4, -0.2) is 33.8 Å². The number of anilines is 1. The SMILES string of the molecule is O=C(NCC1(C(=O)O)CCCCC1)Nc1nncs1. The first kappa shape index (κ1) is 13.7. The normalized spacial score (nSPS) is 17.7. The van der Waals surface area contributed by atoms with Gasteiger partial charge in [-0.2, -0.15) is 0 Å². The average Bonchev–Trinajstić information content (AvgIpc) is 2.90. The Bertz CT molecular complexity index is 443. The van der Waals surface area contributed by atoms with E-state index in [0.717, 1.165) is 19.3 Å². The largest absolute Gasteiger partial charge is 0.481 e. The van der Waals surface area contributed by atoms with Crippen molar-refractivity contribution in [3.8, 4) is 0 Å². The van der Waals surface area contributed by atoms with Crippen molar-refractivity contribution < 1.29 is 14.7 Å². The van der Waals surface area contributed by atoms with Gasteiger partial charge in [0, 0.05) is 6.54 Å². The van der Waals surface area contributed by atoms with Crippen molar-refractivity contribution in [1.29, 1.82) is 0 Å². The van der Waals surface area contributed by atoms with Gasteiger partial charge in [-0.05, 0) is 12.8 Å². The Morgan fingerprint density at radius 2 is 2.11 bits per heavy atom. The highest BCUT2D eigenvalue weighted by atomic mass is 32.1. The van der Waals surface area contributed by atoms with E-state index in [4.69, 9.17) is 0 Å². The topological polar surface area (TPSA) is 104 Å². The lowest BCUT2D eigenvalue weighted by atomic mass is 9.74. The molecule has 7 nitrogen and oxygen atoms in total. The Labute approximate surface area is 114 Å². The number of carboxylic acid groups (broad SMARTS) is 1. The number of carbonyl (C=O) groups excluding carboxylic acids is 1. The van der Waals surface area contributed by atoms with Gasteiger partial charge >= 0.3 is 12.0 Å². The van der Waals surface area contributed by atoms with Gasteiger partial charge in [-0.25, -0.2) is 4.79 Å². The first-order chi connectivity index (χ1) is 9.12. The molecule has 0 aromatic carbocycles. The van der Waals surface area contributed by atoms with Crippen LogP contribution in [0.1, 0.15) is 32.1 Å². The van der Waals surface area contributed by atoms with Gasteiger partial charge in [0.15, 0.2) is 0 Å². The van der Waals surface area contributed by atoms with Crippen LogP contribution < -0.4 is 10.6 Å². The van der Waals surface area contributed by atoms with E-state index in [1.807, 2.05) is 0 Å². The molecule has 1 fully saturated rings. The molecule has 0 spiro atoms. The van der Waals surface area contributed by atoms with E-state index in [9.17, 15) is 14.7 Å². The zero-order chi connectivity index (χ0) is 13.7. The van der Waals surface area contributed by atoms with Crippen LogP contribution in [0.4, 0.5) is 9.93 Å². The van der Waals surface area contributed by atoms with Gasteiger partial charge in [0.25, 0.3) is 0 Å². The number of aliphatic carboxylic acids is 1. The monoisotopic (exact) mass is 284 g/mol. The molecule has 0 aliphatic heterocycles. The third kappa shape index (κ3) is 3.40. The third-order valence-corrected chi connectivity index (χ3v) is 4.04. The standard InChI is InChI=1S/C11H16N4O3S/c16-8(17)11(4-2-1-3-5-11)6-12-9(18)14-10-15-13-7-19-10/h7H,1-6H2,(H,16,17)(H2,12,14,15,18). The number of urea groups is 1. The van der Waals surface area contributed by atoms with Gasteiger partial charge in [0.2, 0.25) is 5.13 Å². The van der Waals surface area contributed by atoms with Gasteiger partial charge in [-0.15, -0.1) is 10.2 Å². The minimum Gasteiger partial charge on any atom is -0.481 e. The molecule has 0 bridgehead atoms. The minimum absolute atomic E-state index is 0.146. The summed E-state index contributed by atoms with van der Waals surface area (Å²) >= 11 is 1.21. The van der Waals surface area contributed by atoms with E-state index >= 15 is 0 Å². The second-order valence-corrected chi connectivity index (χ2v) is 5.53. The van der Waals surface area contributed by atoms with Crippen LogP contribution in [0.5, 0.6) is 0 Å².